The van der Waals surface area contributed by atoms with E-state index in [1.807, 2.05) is 40.0 Å². The zero-order chi connectivity index (χ0) is 28.0. The highest BCUT2D eigenvalue weighted by Crippen LogP contribution is 2.41. The van der Waals surface area contributed by atoms with E-state index < -0.39 is 29.2 Å². The first-order valence-electron chi connectivity index (χ1n) is 12.5. The number of carboxylic acids is 1. The average molecular weight is 602 g/mol. The number of allylic oxidation sites excluding steroid dienone is 1. The predicted molar refractivity (Wildman–Crippen MR) is 149 cm³/mol. The maximum atomic E-state index is 13.2. The van der Waals surface area contributed by atoms with Gasteiger partial charge in [-0.25, -0.2) is 9.36 Å². The maximum Gasteiger partial charge on any atom is 0.352 e. The van der Waals surface area contributed by atoms with Crippen molar-refractivity contribution in [2.75, 3.05) is 11.5 Å². The molecule has 0 spiro atoms. The SMILES string of the molecule is C[n+]1cc2scc(/C=C/C3=C(C(=O)O)N4C(=O)[C@@H](NC(=O)/C(=N\OC5CCCC5)c5nsc(N)n5)[C@H]4SC3)n2c1. The number of rotatable bonds is 8. The molecule has 5 heterocycles. The van der Waals surface area contributed by atoms with E-state index in [-0.39, 0.29) is 28.5 Å². The quantitative estimate of drug-likeness (QED) is 0.149. The summed E-state index contributed by atoms with van der Waals surface area (Å²) in [5, 5.41) is 18.3. The fraction of sp³-hybridized carbons (Fsp3) is 0.375. The van der Waals surface area contributed by atoms with Crippen molar-refractivity contribution in [2.45, 2.75) is 43.2 Å². The largest absolute Gasteiger partial charge is 0.477 e. The third-order valence-electron chi connectivity index (χ3n) is 6.83. The number of carbonyl (C=O) groups excluding carboxylic acids is 2. The number of oxime groups is 1. The van der Waals surface area contributed by atoms with Crippen LogP contribution >= 0.6 is 34.6 Å². The van der Waals surface area contributed by atoms with E-state index >= 15 is 0 Å². The first-order valence-corrected chi connectivity index (χ1v) is 15.2. The second kappa shape index (κ2) is 10.7. The highest BCUT2D eigenvalue weighted by Gasteiger charge is 2.54. The van der Waals surface area contributed by atoms with Crippen molar-refractivity contribution in [3.8, 4) is 0 Å². The molecule has 208 valence electrons. The van der Waals surface area contributed by atoms with Crippen LogP contribution in [0.3, 0.4) is 0 Å². The Kier molecular flexibility index (Phi) is 7.06. The number of nitrogens with one attached hydrogen (secondary N) is 1. The number of hydrogen-bond acceptors (Lipinski definition) is 11. The molecule has 1 saturated carbocycles. The Hall–Kier alpha value is -3.76. The summed E-state index contributed by atoms with van der Waals surface area (Å²) < 4.78 is 8.02. The molecule has 0 radical (unpaired) electrons. The summed E-state index contributed by atoms with van der Waals surface area (Å²) in [5.74, 6) is -2.06. The van der Waals surface area contributed by atoms with Gasteiger partial charge in [0.05, 0.1) is 7.05 Å². The molecule has 2 atom stereocenters. The van der Waals surface area contributed by atoms with Gasteiger partial charge in [0.15, 0.2) is 5.13 Å². The van der Waals surface area contributed by atoms with E-state index in [1.165, 1.54) is 16.7 Å². The molecule has 4 N–H and O–H groups in total. The van der Waals surface area contributed by atoms with Crippen LogP contribution in [0.15, 0.2) is 40.4 Å². The van der Waals surface area contributed by atoms with E-state index in [1.54, 1.807) is 17.4 Å². The summed E-state index contributed by atoms with van der Waals surface area (Å²) in [6.07, 6.45) is 11.1. The van der Waals surface area contributed by atoms with E-state index in [4.69, 9.17) is 10.6 Å². The zero-order valence-corrected chi connectivity index (χ0v) is 23.7. The summed E-state index contributed by atoms with van der Waals surface area (Å²) in [5.41, 5.74) is 6.85. The van der Waals surface area contributed by atoms with Gasteiger partial charge in [-0.05, 0) is 37.3 Å². The number of fused-ring (bicyclic) bond motifs is 2. The highest BCUT2D eigenvalue weighted by molar-refractivity contribution is 8.00. The number of aryl methyl sites for hydroxylation is 1. The van der Waals surface area contributed by atoms with Crippen molar-refractivity contribution >= 4 is 74.2 Å². The van der Waals surface area contributed by atoms with E-state index in [0.29, 0.717) is 11.3 Å². The number of carbonyl (C=O) groups is 3. The monoisotopic (exact) mass is 601 g/mol. The molecule has 3 aromatic rings. The van der Waals surface area contributed by atoms with Crippen molar-refractivity contribution in [1.82, 2.24) is 24.0 Å². The number of nitrogen functional groups attached to an aromatic ring is 1. The molecule has 2 aliphatic heterocycles. The van der Waals surface area contributed by atoms with E-state index in [9.17, 15) is 19.5 Å². The molecule has 0 bridgehead atoms. The molecule has 2 fully saturated rings. The van der Waals surface area contributed by atoms with Crippen LogP contribution in [0.2, 0.25) is 0 Å². The Bertz CT molecular complexity index is 1600. The van der Waals surface area contributed by atoms with Crippen LogP contribution in [0.25, 0.3) is 10.9 Å². The first-order chi connectivity index (χ1) is 19.3. The van der Waals surface area contributed by atoms with Crippen LogP contribution in [0.1, 0.15) is 37.2 Å². The summed E-state index contributed by atoms with van der Waals surface area (Å²) in [4.78, 5) is 50.6. The standard InChI is InChI=1S/C24H24N8O5S3/c1-30-8-15-31(11-30)13(10-38-15)7-6-12-9-39-22-17(21(34)32(22)18(12)23(35)36)26-20(33)16(19-27-24(25)40-29-19)28-37-14-4-2-3-5-14/h6-8,10-11,14,17,22H,2-5,9H2,1H3,(H3-,25,26,27,29,33,35,36)/p+1/b7-6+,28-16-/t17-,22-/m1/s1. The third kappa shape index (κ3) is 4.86. The van der Waals surface area contributed by atoms with Gasteiger partial charge in [0.1, 0.15) is 35.1 Å². The number of anilines is 1. The van der Waals surface area contributed by atoms with Crippen molar-refractivity contribution in [3.05, 3.63) is 46.8 Å². The van der Waals surface area contributed by atoms with Gasteiger partial charge in [-0.1, -0.05) is 22.6 Å². The number of carboxylic acid groups (broad SMARTS) is 1. The van der Waals surface area contributed by atoms with Gasteiger partial charge in [-0.3, -0.25) is 14.5 Å². The number of aliphatic carboxylic acids is 1. The third-order valence-corrected chi connectivity index (χ3v) is 9.58. The molecule has 6 rings (SSSR count). The number of nitrogens with zero attached hydrogens (tertiary/aromatic N) is 6. The van der Waals surface area contributed by atoms with E-state index in [0.717, 1.165) is 47.7 Å². The smallest absolute Gasteiger partial charge is 0.352 e. The number of nitrogens with two attached hydrogens (primary N) is 1. The molecule has 0 aromatic carbocycles. The lowest BCUT2D eigenvalue weighted by Crippen LogP contribution is -2.71. The zero-order valence-electron chi connectivity index (χ0n) is 21.2. The molecule has 3 aliphatic rings. The molecule has 16 heteroatoms. The van der Waals surface area contributed by atoms with Gasteiger partial charge in [0, 0.05) is 22.7 Å². The second-order valence-corrected chi connectivity index (χ2v) is 12.3. The summed E-state index contributed by atoms with van der Waals surface area (Å²) in [6.45, 7) is 0. The minimum absolute atomic E-state index is 0.00953. The van der Waals surface area contributed by atoms with Gasteiger partial charge in [-0.2, -0.15) is 13.8 Å². The molecular weight excluding hydrogens is 577 g/mol. The second-order valence-electron chi connectivity index (χ2n) is 9.56. The topological polar surface area (TPSA) is 168 Å². The number of thioether (sulfide) groups is 1. The van der Waals surface area contributed by atoms with Crippen molar-refractivity contribution < 1.29 is 28.9 Å². The minimum Gasteiger partial charge on any atom is -0.477 e. The Labute approximate surface area is 240 Å². The van der Waals surface area contributed by atoms with Crippen LogP contribution in [0, 0.1) is 0 Å². The summed E-state index contributed by atoms with van der Waals surface area (Å²) >= 11 is 3.87. The molecule has 1 saturated heterocycles. The number of amides is 2. The first kappa shape index (κ1) is 26.5. The van der Waals surface area contributed by atoms with Crippen molar-refractivity contribution in [1.29, 1.82) is 0 Å². The van der Waals surface area contributed by atoms with E-state index in [2.05, 4.69) is 19.8 Å². The Morgan fingerprint density at radius 3 is 2.85 bits per heavy atom. The molecule has 2 amide bonds. The van der Waals surface area contributed by atoms with Gasteiger partial charge in [-0.15, -0.1) is 11.8 Å². The molecule has 40 heavy (non-hydrogen) atoms. The van der Waals surface area contributed by atoms with Crippen LogP contribution in [0.5, 0.6) is 0 Å². The van der Waals surface area contributed by atoms with Crippen LogP contribution < -0.4 is 15.6 Å². The fourth-order valence-electron chi connectivity index (χ4n) is 4.89. The number of β-lactam (4-membered cyclic amide) rings is 1. The minimum atomic E-state index is -1.21. The number of imidazole rings is 1. The normalized spacial score (nSPS) is 21.8. The van der Waals surface area contributed by atoms with Crippen LogP contribution in [-0.2, 0) is 26.3 Å². The van der Waals surface area contributed by atoms with Gasteiger partial charge in [0.2, 0.25) is 22.7 Å². The maximum absolute atomic E-state index is 13.2. The van der Waals surface area contributed by atoms with Crippen LogP contribution in [0.4, 0.5) is 5.13 Å². The van der Waals surface area contributed by atoms with Gasteiger partial charge >= 0.3 is 5.97 Å². The Balaban J connectivity index is 1.20. The van der Waals surface area contributed by atoms with Gasteiger partial charge < -0.3 is 21.0 Å². The molecule has 0 unspecified atom stereocenters. The molecule has 3 aromatic heterocycles. The summed E-state index contributed by atoms with van der Waals surface area (Å²) in [6, 6.07) is -0.943. The number of hydrogen-bond donors (Lipinski definition) is 3. The van der Waals surface area contributed by atoms with Gasteiger partial charge in [0.25, 0.3) is 11.8 Å². The lowest BCUT2D eigenvalue weighted by atomic mass is 10.0. The van der Waals surface area contributed by atoms with Crippen molar-refractivity contribution in [2.24, 2.45) is 12.2 Å². The fourth-order valence-corrected chi connectivity index (χ4v) is 7.57. The number of aromatic nitrogens is 4. The Morgan fingerprint density at radius 1 is 1.32 bits per heavy atom. The lowest BCUT2D eigenvalue weighted by molar-refractivity contribution is -0.669. The summed E-state index contributed by atoms with van der Waals surface area (Å²) in [7, 11) is 1.93. The van der Waals surface area contributed by atoms with Crippen LogP contribution in [-0.4, -0.2) is 70.5 Å². The lowest BCUT2D eigenvalue weighted by Gasteiger charge is -2.49. The molecule has 13 nitrogen and oxygen atoms in total. The number of thiazole rings is 1. The average Bonchev–Trinajstić information content (AvgIpc) is 3.73. The molecule has 1 aliphatic carbocycles. The van der Waals surface area contributed by atoms with Crippen molar-refractivity contribution in [3.63, 3.8) is 0 Å². The molecular formula is C24H25N8O5S3+. The Morgan fingerprint density at radius 2 is 2.12 bits per heavy atom. The predicted octanol–water partition coefficient (Wildman–Crippen LogP) is 1.37. The highest BCUT2D eigenvalue weighted by atomic mass is 32.2.